The van der Waals surface area contributed by atoms with E-state index in [1.54, 1.807) is 0 Å². The van der Waals surface area contributed by atoms with Crippen molar-refractivity contribution in [3.05, 3.63) is 11.9 Å². The Bertz CT molecular complexity index is 398. The fourth-order valence-corrected chi connectivity index (χ4v) is 2.08. The van der Waals surface area contributed by atoms with Gasteiger partial charge in [0.05, 0.1) is 12.8 Å². The number of aromatic amines is 1. The summed E-state index contributed by atoms with van der Waals surface area (Å²) in [5.41, 5.74) is -0.636. The maximum Gasteiger partial charge on any atom is 0.411 e. The van der Waals surface area contributed by atoms with Crippen LogP contribution >= 0.6 is 0 Å². The minimum atomic E-state index is -4.30. The van der Waals surface area contributed by atoms with E-state index in [4.69, 9.17) is 0 Å². The molecule has 2 N–H and O–H groups in total. The van der Waals surface area contributed by atoms with Crippen LogP contribution in [0.15, 0.2) is 6.20 Å². The molecule has 1 saturated heterocycles. The van der Waals surface area contributed by atoms with Crippen LogP contribution in [0.1, 0.15) is 12.1 Å². The second-order valence-corrected chi connectivity index (χ2v) is 4.58. The van der Waals surface area contributed by atoms with E-state index in [0.717, 1.165) is 0 Å². The summed E-state index contributed by atoms with van der Waals surface area (Å²) < 4.78 is 40.1. The van der Waals surface area contributed by atoms with Gasteiger partial charge in [-0.3, -0.25) is 4.90 Å². The van der Waals surface area contributed by atoms with Crippen LogP contribution in [0.4, 0.5) is 13.2 Å². The standard InChI is InChI=1S/C10H15F3N4O2/c11-10(12,13)7-19-4-3-17-2-1-9(18,6-17)8-5-14-16-15-8/h5,18H,1-4,6-7H2,(H,14,15,16)/t9-/m0/s1. The highest BCUT2D eigenvalue weighted by Crippen LogP contribution is 2.29. The Balaban J connectivity index is 1.74. The fourth-order valence-electron chi connectivity index (χ4n) is 2.08. The van der Waals surface area contributed by atoms with Crippen LogP contribution in [0.2, 0.25) is 0 Å². The Hall–Kier alpha value is -1.19. The summed E-state index contributed by atoms with van der Waals surface area (Å²) in [6.45, 7) is -0.0211. The van der Waals surface area contributed by atoms with Gasteiger partial charge in [-0.25, -0.2) is 0 Å². The molecule has 0 spiro atoms. The molecule has 1 aromatic heterocycles. The van der Waals surface area contributed by atoms with E-state index >= 15 is 0 Å². The summed E-state index contributed by atoms with van der Waals surface area (Å²) in [4.78, 5) is 1.84. The zero-order chi connectivity index (χ0) is 13.9. The number of aliphatic hydroxyl groups is 1. The Morgan fingerprint density at radius 3 is 2.95 bits per heavy atom. The van der Waals surface area contributed by atoms with Crippen LogP contribution in [0, 0.1) is 0 Å². The molecule has 2 heterocycles. The Kier molecular flexibility index (Phi) is 4.07. The molecular weight excluding hydrogens is 265 g/mol. The predicted molar refractivity (Wildman–Crippen MR) is 58.2 cm³/mol. The average molecular weight is 280 g/mol. The molecule has 0 amide bonds. The molecule has 9 heteroatoms. The van der Waals surface area contributed by atoms with Gasteiger partial charge >= 0.3 is 6.18 Å². The number of hydrogen-bond acceptors (Lipinski definition) is 5. The van der Waals surface area contributed by atoms with Gasteiger partial charge in [-0.1, -0.05) is 0 Å². The summed E-state index contributed by atoms with van der Waals surface area (Å²) in [6, 6.07) is 0. The van der Waals surface area contributed by atoms with Crippen LogP contribution < -0.4 is 0 Å². The molecule has 19 heavy (non-hydrogen) atoms. The van der Waals surface area contributed by atoms with Crippen LogP contribution in [-0.4, -0.2) is 64.4 Å². The first-order chi connectivity index (χ1) is 8.89. The number of nitrogens with one attached hydrogen (secondary N) is 1. The van der Waals surface area contributed by atoms with E-state index in [1.807, 2.05) is 4.90 Å². The monoisotopic (exact) mass is 280 g/mol. The Morgan fingerprint density at radius 2 is 2.32 bits per heavy atom. The second-order valence-electron chi connectivity index (χ2n) is 4.58. The molecule has 0 bridgehead atoms. The second kappa shape index (κ2) is 5.43. The van der Waals surface area contributed by atoms with Crippen molar-refractivity contribution in [3.63, 3.8) is 0 Å². The first-order valence-electron chi connectivity index (χ1n) is 5.84. The molecule has 0 aliphatic carbocycles. The third-order valence-electron chi connectivity index (χ3n) is 3.04. The molecule has 108 valence electrons. The highest BCUT2D eigenvalue weighted by Gasteiger charge is 2.39. The van der Waals surface area contributed by atoms with Crippen LogP contribution in [0.5, 0.6) is 0 Å². The van der Waals surface area contributed by atoms with Gasteiger partial charge in [0.2, 0.25) is 0 Å². The molecule has 1 aliphatic rings. The molecule has 0 saturated carbocycles. The van der Waals surface area contributed by atoms with Gasteiger partial charge in [0.15, 0.2) is 0 Å². The van der Waals surface area contributed by atoms with Crippen LogP contribution in [0.25, 0.3) is 0 Å². The van der Waals surface area contributed by atoms with E-state index in [0.29, 0.717) is 31.7 Å². The molecule has 0 radical (unpaired) electrons. The SMILES string of the molecule is O[C@@]1(c2cn[nH]n2)CCN(CCOCC(F)(F)F)C1. The van der Waals surface area contributed by atoms with E-state index in [2.05, 4.69) is 20.1 Å². The number of rotatable bonds is 5. The van der Waals surface area contributed by atoms with E-state index in [9.17, 15) is 18.3 Å². The number of likely N-dealkylation sites (tertiary alicyclic amines) is 1. The third-order valence-corrected chi connectivity index (χ3v) is 3.04. The van der Waals surface area contributed by atoms with Crippen molar-refractivity contribution in [2.24, 2.45) is 0 Å². The normalized spacial score (nSPS) is 25.1. The molecule has 6 nitrogen and oxygen atoms in total. The lowest BCUT2D eigenvalue weighted by Gasteiger charge is -2.21. The smallest absolute Gasteiger partial charge is 0.382 e. The molecule has 1 aliphatic heterocycles. The van der Waals surface area contributed by atoms with Gasteiger partial charge in [0, 0.05) is 19.6 Å². The number of aromatic nitrogens is 3. The molecule has 0 unspecified atom stereocenters. The number of halogens is 3. The summed E-state index contributed by atoms with van der Waals surface area (Å²) in [6.07, 6.45) is -2.38. The lowest BCUT2D eigenvalue weighted by molar-refractivity contribution is -0.174. The number of ether oxygens (including phenoxy) is 1. The van der Waals surface area contributed by atoms with E-state index in [1.165, 1.54) is 6.20 Å². The summed E-state index contributed by atoms with van der Waals surface area (Å²) in [5, 5.41) is 20.2. The molecular formula is C10H15F3N4O2. The highest BCUT2D eigenvalue weighted by atomic mass is 19.4. The van der Waals surface area contributed by atoms with Crippen molar-refractivity contribution < 1.29 is 23.0 Å². The minimum Gasteiger partial charge on any atom is -0.382 e. The maximum absolute atomic E-state index is 11.9. The summed E-state index contributed by atoms with van der Waals surface area (Å²) >= 11 is 0. The number of alkyl halides is 3. The first kappa shape index (κ1) is 14.2. The highest BCUT2D eigenvalue weighted by molar-refractivity contribution is 5.10. The van der Waals surface area contributed by atoms with Crippen molar-refractivity contribution in [1.29, 1.82) is 0 Å². The number of hydrogen-bond donors (Lipinski definition) is 2. The Morgan fingerprint density at radius 1 is 1.53 bits per heavy atom. The van der Waals surface area contributed by atoms with Crippen molar-refractivity contribution >= 4 is 0 Å². The zero-order valence-corrected chi connectivity index (χ0v) is 10.2. The van der Waals surface area contributed by atoms with Gasteiger partial charge in [0.25, 0.3) is 0 Å². The fraction of sp³-hybridized carbons (Fsp3) is 0.800. The van der Waals surface area contributed by atoms with Crippen molar-refractivity contribution in [2.75, 3.05) is 32.8 Å². The van der Waals surface area contributed by atoms with Gasteiger partial charge < -0.3 is 9.84 Å². The van der Waals surface area contributed by atoms with Crippen LogP contribution in [-0.2, 0) is 10.3 Å². The Labute approximate surface area is 107 Å². The maximum atomic E-state index is 11.9. The molecule has 1 fully saturated rings. The molecule has 0 aromatic carbocycles. The third kappa shape index (κ3) is 3.88. The van der Waals surface area contributed by atoms with Gasteiger partial charge in [-0.15, -0.1) is 0 Å². The van der Waals surface area contributed by atoms with Crippen molar-refractivity contribution in [2.45, 2.75) is 18.2 Å². The van der Waals surface area contributed by atoms with Gasteiger partial charge in [0.1, 0.15) is 17.9 Å². The van der Waals surface area contributed by atoms with Gasteiger partial charge in [-0.2, -0.15) is 28.6 Å². The lowest BCUT2D eigenvalue weighted by Crippen LogP contribution is -2.33. The summed E-state index contributed by atoms with van der Waals surface area (Å²) in [5.74, 6) is 0. The molecule has 1 aromatic rings. The summed E-state index contributed by atoms with van der Waals surface area (Å²) in [7, 11) is 0. The topological polar surface area (TPSA) is 74.3 Å². The lowest BCUT2D eigenvalue weighted by atomic mass is 10.0. The number of β-amino-alcohol motifs (C(OH)–C–C–N with tert-alkyl or cyclic N) is 1. The minimum absolute atomic E-state index is 0.0194. The first-order valence-corrected chi connectivity index (χ1v) is 5.84. The predicted octanol–water partition coefficient (Wildman–Crippen LogP) is 0.277. The van der Waals surface area contributed by atoms with E-state index in [-0.39, 0.29) is 6.61 Å². The molecule has 2 rings (SSSR count). The zero-order valence-electron chi connectivity index (χ0n) is 10.2. The largest absolute Gasteiger partial charge is 0.411 e. The van der Waals surface area contributed by atoms with Crippen LogP contribution in [0.3, 0.4) is 0 Å². The van der Waals surface area contributed by atoms with E-state index < -0.39 is 18.4 Å². The van der Waals surface area contributed by atoms with Crippen molar-refractivity contribution in [1.82, 2.24) is 20.3 Å². The molecule has 1 atom stereocenters. The average Bonchev–Trinajstić information content (AvgIpc) is 2.93. The quantitative estimate of drug-likeness (QED) is 0.758. The van der Waals surface area contributed by atoms with Gasteiger partial charge in [-0.05, 0) is 6.42 Å². The number of H-pyrrole nitrogens is 1. The van der Waals surface area contributed by atoms with Crippen molar-refractivity contribution in [3.8, 4) is 0 Å². The number of nitrogens with zero attached hydrogens (tertiary/aromatic N) is 3.